The number of rotatable bonds is 5. The Labute approximate surface area is 113 Å². The van der Waals surface area contributed by atoms with E-state index in [1.165, 1.54) is 6.07 Å². The number of aromatic nitrogens is 1. The predicted molar refractivity (Wildman–Crippen MR) is 76.2 cm³/mol. The minimum Gasteiger partial charge on any atom is -0.345 e. The van der Waals surface area contributed by atoms with Crippen LogP contribution >= 0.6 is 0 Å². The third kappa shape index (κ3) is 4.21. The van der Waals surface area contributed by atoms with Gasteiger partial charge in [0.2, 0.25) is 0 Å². The molecule has 106 valence electrons. The van der Waals surface area contributed by atoms with Crippen molar-refractivity contribution in [3.8, 4) is 0 Å². The van der Waals surface area contributed by atoms with Crippen LogP contribution in [0.2, 0.25) is 0 Å². The zero-order chi connectivity index (χ0) is 14.6. The average Bonchev–Trinajstić information content (AvgIpc) is 2.27. The first kappa shape index (κ1) is 15.4. The van der Waals surface area contributed by atoms with Crippen molar-refractivity contribution in [1.29, 1.82) is 0 Å². The molecule has 1 rings (SSSR count). The van der Waals surface area contributed by atoms with Crippen molar-refractivity contribution in [2.45, 2.75) is 39.7 Å². The number of aromatic amines is 1. The second-order valence-electron chi connectivity index (χ2n) is 5.70. The molecule has 19 heavy (non-hydrogen) atoms. The first-order valence-corrected chi connectivity index (χ1v) is 6.50. The molecule has 0 aromatic carbocycles. The van der Waals surface area contributed by atoms with E-state index in [4.69, 9.17) is 5.73 Å². The van der Waals surface area contributed by atoms with Crippen LogP contribution in [0, 0.1) is 12.8 Å². The molecule has 0 fully saturated rings. The maximum absolute atomic E-state index is 12.1. The Morgan fingerprint density at radius 2 is 2.11 bits per heavy atom. The molecule has 0 saturated heterocycles. The van der Waals surface area contributed by atoms with Gasteiger partial charge in [0.25, 0.3) is 11.5 Å². The van der Waals surface area contributed by atoms with Gasteiger partial charge in [-0.15, -0.1) is 0 Å². The summed E-state index contributed by atoms with van der Waals surface area (Å²) in [5.41, 5.74) is 5.72. The lowest BCUT2D eigenvalue weighted by Crippen LogP contribution is -2.52. The second-order valence-corrected chi connectivity index (χ2v) is 5.70. The Bertz CT molecular complexity index is 508. The van der Waals surface area contributed by atoms with Gasteiger partial charge in [0, 0.05) is 17.8 Å². The Balaban J connectivity index is 2.92. The maximum atomic E-state index is 12.1. The van der Waals surface area contributed by atoms with Gasteiger partial charge in [0.15, 0.2) is 0 Å². The summed E-state index contributed by atoms with van der Waals surface area (Å²) >= 11 is 0. The minimum atomic E-state index is -0.497. The van der Waals surface area contributed by atoms with Gasteiger partial charge in [-0.05, 0) is 38.3 Å². The Hall–Kier alpha value is -1.62. The molecule has 1 aromatic rings. The summed E-state index contributed by atoms with van der Waals surface area (Å²) in [7, 11) is 0. The van der Waals surface area contributed by atoms with E-state index in [0.29, 0.717) is 12.5 Å². The first-order chi connectivity index (χ1) is 8.77. The lowest BCUT2D eigenvalue weighted by Gasteiger charge is -2.31. The van der Waals surface area contributed by atoms with Gasteiger partial charge < -0.3 is 16.0 Å². The van der Waals surface area contributed by atoms with Gasteiger partial charge in [0.05, 0.1) is 0 Å². The van der Waals surface area contributed by atoms with Gasteiger partial charge in [-0.25, -0.2) is 0 Å². The molecular formula is C14H23N3O2. The highest BCUT2D eigenvalue weighted by molar-refractivity contribution is 5.94. The second kappa shape index (κ2) is 6.02. The van der Waals surface area contributed by atoms with Crippen LogP contribution in [-0.2, 0) is 0 Å². The van der Waals surface area contributed by atoms with E-state index in [9.17, 15) is 9.59 Å². The van der Waals surface area contributed by atoms with Crippen molar-refractivity contribution in [2.24, 2.45) is 11.7 Å². The van der Waals surface area contributed by atoms with E-state index >= 15 is 0 Å². The smallest absolute Gasteiger partial charge is 0.260 e. The maximum Gasteiger partial charge on any atom is 0.260 e. The number of amides is 1. The molecule has 1 unspecified atom stereocenters. The number of carbonyl (C=O) groups is 1. The highest BCUT2D eigenvalue weighted by Crippen LogP contribution is 2.15. The molecule has 0 aliphatic rings. The van der Waals surface area contributed by atoms with Crippen LogP contribution in [0.4, 0.5) is 0 Å². The average molecular weight is 265 g/mol. The molecule has 0 spiro atoms. The quantitative estimate of drug-likeness (QED) is 0.747. The van der Waals surface area contributed by atoms with Crippen molar-refractivity contribution >= 4 is 5.91 Å². The van der Waals surface area contributed by atoms with Gasteiger partial charge in [-0.2, -0.15) is 0 Å². The Morgan fingerprint density at radius 3 is 2.58 bits per heavy atom. The molecular weight excluding hydrogens is 242 g/mol. The molecule has 1 heterocycles. The molecule has 1 atom stereocenters. The zero-order valence-corrected chi connectivity index (χ0v) is 12.0. The van der Waals surface area contributed by atoms with Gasteiger partial charge in [0.1, 0.15) is 5.56 Å². The number of hydrogen-bond acceptors (Lipinski definition) is 3. The Kier molecular flexibility index (Phi) is 4.89. The fraction of sp³-hybridized carbons (Fsp3) is 0.571. The fourth-order valence-corrected chi connectivity index (χ4v) is 2.18. The summed E-state index contributed by atoms with van der Waals surface area (Å²) < 4.78 is 0. The van der Waals surface area contributed by atoms with Crippen molar-refractivity contribution in [2.75, 3.05) is 6.54 Å². The van der Waals surface area contributed by atoms with E-state index in [1.54, 1.807) is 13.0 Å². The van der Waals surface area contributed by atoms with Crippen LogP contribution in [-0.4, -0.2) is 23.0 Å². The zero-order valence-electron chi connectivity index (χ0n) is 12.0. The third-order valence-electron chi connectivity index (χ3n) is 3.02. The van der Waals surface area contributed by atoms with Crippen molar-refractivity contribution < 1.29 is 4.79 Å². The van der Waals surface area contributed by atoms with E-state index in [2.05, 4.69) is 24.1 Å². The van der Waals surface area contributed by atoms with Crippen LogP contribution in [0.15, 0.2) is 16.9 Å². The number of H-pyrrole nitrogens is 1. The number of carbonyl (C=O) groups excluding carboxylic acids is 1. The highest BCUT2D eigenvalue weighted by Gasteiger charge is 2.27. The van der Waals surface area contributed by atoms with Crippen LogP contribution in [0.25, 0.3) is 0 Å². The molecule has 0 aliphatic carbocycles. The summed E-state index contributed by atoms with van der Waals surface area (Å²) in [5.74, 6) is 0.0278. The summed E-state index contributed by atoms with van der Waals surface area (Å²) in [6.45, 7) is 8.14. The van der Waals surface area contributed by atoms with Crippen LogP contribution in [0.1, 0.15) is 43.2 Å². The monoisotopic (exact) mass is 265 g/mol. The molecule has 1 aromatic heterocycles. The molecule has 1 amide bonds. The predicted octanol–water partition coefficient (Wildman–Crippen LogP) is 1.18. The summed E-state index contributed by atoms with van der Waals surface area (Å²) in [4.78, 5) is 26.5. The van der Waals surface area contributed by atoms with E-state index < -0.39 is 5.54 Å². The summed E-state index contributed by atoms with van der Waals surface area (Å²) in [6.07, 6.45) is 0.763. The largest absolute Gasteiger partial charge is 0.345 e. The topological polar surface area (TPSA) is 88.0 Å². The van der Waals surface area contributed by atoms with E-state index in [-0.39, 0.29) is 17.0 Å². The fourth-order valence-electron chi connectivity index (χ4n) is 2.18. The Morgan fingerprint density at radius 1 is 1.47 bits per heavy atom. The van der Waals surface area contributed by atoms with Crippen molar-refractivity contribution in [1.82, 2.24) is 10.3 Å². The number of aryl methyl sites for hydroxylation is 1. The van der Waals surface area contributed by atoms with Crippen LogP contribution in [0.5, 0.6) is 0 Å². The standard InChI is InChI=1S/C14H23N3O2/c1-9(2)7-14(4,8-15)17-13(19)11-6-5-10(3)16-12(11)18/h5-6,9H,7-8,15H2,1-4H3,(H,16,18)(H,17,19). The number of nitrogens with one attached hydrogen (secondary N) is 2. The minimum absolute atomic E-state index is 0.119. The van der Waals surface area contributed by atoms with Crippen molar-refractivity contribution in [3.05, 3.63) is 33.7 Å². The molecule has 0 aliphatic heterocycles. The molecule has 0 radical (unpaired) electrons. The molecule has 4 N–H and O–H groups in total. The van der Waals surface area contributed by atoms with E-state index in [1.807, 2.05) is 6.92 Å². The SMILES string of the molecule is Cc1ccc(C(=O)NC(C)(CN)CC(C)C)c(=O)[nH]1. The van der Waals surface area contributed by atoms with Gasteiger partial charge in [-0.3, -0.25) is 9.59 Å². The van der Waals surface area contributed by atoms with Crippen LogP contribution < -0.4 is 16.6 Å². The van der Waals surface area contributed by atoms with Gasteiger partial charge in [-0.1, -0.05) is 13.8 Å². The number of nitrogens with two attached hydrogens (primary N) is 1. The number of pyridine rings is 1. The van der Waals surface area contributed by atoms with Gasteiger partial charge >= 0.3 is 0 Å². The number of hydrogen-bond donors (Lipinski definition) is 3. The highest BCUT2D eigenvalue weighted by atomic mass is 16.2. The normalized spacial score (nSPS) is 14.2. The molecule has 5 nitrogen and oxygen atoms in total. The van der Waals surface area contributed by atoms with Crippen molar-refractivity contribution in [3.63, 3.8) is 0 Å². The lowest BCUT2D eigenvalue weighted by atomic mass is 9.90. The van der Waals surface area contributed by atoms with Crippen LogP contribution in [0.3, 0.4) is 0 Å². The molecule has 0 saturated carbocycles. The summed E-state index contributed by atoms with van der Waals surface area (Å²) in [6, 6.07) is 3.24. The molecule has 0 bridgehead atoms. The third-order valence-corrected chi connectivity index (χ3v) is 3.02. The molecule has 5 heteroatoms. The van der Waals surface area contributed by atoms with E-state index in [0.717, 1.165) is 12.1 Å². The lowest BCUT2D eigenvalue weighted by molar-refractivity contribution is 0.0896. The summed E-state index contributed by atoms with van der Waals surface area (Å²) in [5, 5.41) is 2.87. The first-order valence-electron chi connectivity index (χ1n) is 6.50.